The largest absolute Gasteiger partial charge is 0.352 e. The molecule has 0 spiro atoms. The molecule has 3 N–H and O–H groups in total. The molecule has 0 saturated carbocycles. The maximum Gasteiger partial charge on any atom is 0.227 e. The van der Waals surface area contributed by atoms with Gasteiger partial charge in [0.15, 0.2) is 0 Å². The van der Waals surface area contributed by atoms with Gasteiger partial charge in [-0.05, 0) is 31.5 Å². The zero-order chi connectivity index (χ0) is 12.9. The molecule has 0 atom stereocenters. The van der Waals surface area contributed by atoms with Crippen LogP contribution in [0.1, 0.15) is 25.0 Å². The van der Waals surface area contributed by atoms with Crippen LogP contribution in [0.4, 0.5) is 0 Å². The van der Waals surface area contributed by atoms with E-state index in [9.17, 15) is 4.79 Å². The predicted octanol–water partition coefficient (Wildman–Crippen LogP) is 1.16. The van der Waals surface area contributed by atoms with Crippen LogP contribution in [0.5, 0.6) is 0 Å². The fraction of sp³-hybridized carbons (Fsp3) is 0.385. The number of nitrogens with one attached hydrogen (secondary N) is 1. The van der Waals surface area contributed by atoms with Crippen LogP contribution >= 0.6 is 0 Å². The molecule has 0 unspecified atom stereocenters. The van der Waals surface area contributed by atoms with E-state index in [-0.39, 0.29) is 5.91 Å². The van der Waals surface area contributed by atoms with Gasteiger partial charge < -0.3 is 11.1 Å². The molecule has 0 aromatic heterocycles. The molecule has 1 rings (SSSR count). The molecule has 0 heterocycles. The smallest absolute Gasteiger partial charge is 0.227 e. The highest BCUT2D eigenvalue weighted by Crippen LogP contribution is 2.12. The Morgan fingerprint density at radius 2 is 2.00 bits per heavy atom. The average molecular weight is 231 g/mol. The molecule has 90 valence electrons. The Morgan fingerprint density at radius 3 is 2.47 bits per heavy atom. The molecule has 4 heteroatoms. The zero-order valence-corrected chi connectivity index (χ0v) is 10.2. The molecule has 4 nitrogen and oxygen atoms in total. The third kappa shape index (κ3) is 3.58. The highest BCUT2D eigenvalue weighted by Gasteiger charge is 2.25. The summed E-state index contributed by atoms with van der Waals surface area (Å²) < 4.78 is 0. The predicted molar refractivity (Wildman–Crippen MR) is 65.8 cm³/mol. The highest BCUT2D eigenvalue weighted by molar-refractivity contribution is 5.81. The molecule has 17 heavy (non-hydrogen) atoms. The Labute approximate surface area is 101 Å². The standard InChI is InChI=1S/C13H17N3O/c1-13(2,9-15)12(17)16-8-11-5-3-10(7-14)4-6-11/h3-6H,8-9,15H2,1-2H3,(H,16,17). The van der Waals surface area contributed by atoms with Crippen molar-refractivity contribution in [3.05, 3.63) is 35.4 Å². The first kappa shape index (κ1) is 13.2. The summed E-state index contributed by atoms with van der Waals surface area (Å²) >= 11 is 0. The molecule has 0 radical (unpaired) electrons. The van der Waals surface area contributed by atoms with E-state index in [1.807, 2.05) is 18.2 Å². The van der Waals surface area contributed by atoms with Crippen molar-refractivity contribution in [2.75, 3.05) is 6.54 Å². The lowest BCUT2D eigenvalue weighted by molar-refractivity contribution is -0.129. The first-order valence-corrected chi connectivity index (χ1v) is 5.47. The second kappa shape index (κ2) is 5.46. The zero-order valence-electron chi connectivity index (χ0n) is 10.2. The lowest BCUT2D eigenvalue weighted by Crippen LogP contribution is -2.41. The van der Waals surface area contributed by atoms with Crippen molar-refractivity contribution in [3.8, 4) is 6.07 Å². The molecule has 0 aliphatic heterocycles. The van der Waals surface area contributed by atoms with Crippen LogP contribution in [-0.2, 0) is 11.3 Å². The topological polar surface area (TPSA) is 78.9 Å². The maximum atomic E-state index is 11.7. The van der Waals surface area contributed by atoms with Crippen LogP contribution in [-0.4, -0.2) is 12.5 Å². The second-order valence-corrected chi connectivity index (χ2v) is 4.58. The van der Waals surface area contributed by atoms with Crippen LogP contribution in [0.3, 0.4) is 0 Å². The van der Waals surface area contributed by atoms with Gasteiger partial charge in [0.05, 0.1) is 17.0 Å². The third-order valence-electron chi connectivity index (χ3n) is 2.66. The lowest BCUT2D eigenvalue weighted by atomic mass is 9.92. The van der Waals surface area contributed by atoms with Crippen LogP contribution < -0.4 is 11.1 Å². The number of nitrogens with two attached hydrogens (primary N) is 1. The van der Waals surface area contributed by atoms with Crippen LogP contribution in [0.15, 0.2) is 24.3 Å². The van der Waals surface area contributed by atoms with E-state index in [1.165, 1.54) is 0 Å². The van der Waals surface area contributed by atoms with Crippen molar-refractivity contribution < 1.29 is 4.79 Å². The summed E-state index contributed by atoms with van der Waals surface area (Å²) in [6.07, 6.45) is 0. The SMILES string of the molecule is CC(C)(CN)C(=O)NCc1ccc(C#N)cc1. The first-order chi connectivity index (χ1) is 7.99. The van der Waals surface area contributed by atoms with Gasteiger partial charge >= 0.3 is 0 Å². The minimum atomic E-state index is -0.549. The van der Waals surface area contributed by atoms with Crippen LogP contribution in [0.25, 0.3) is 0 Å². The molecule has 1 amide bonds. The number of rotatable bonds is 4. The summed E-state index contributed by atoms with van der Waals surface area (Å²) in [5, 5.41) is 11.5. The molecule has 0 aliphatic rings. The van der Waals surface area contributed by atoms with Crippen molar-refractivity contribution >= 4 is 5.91 Å². The average Bonchev–Trinajstić information content (AvgIpc) is 2.36. The summed E-state index contributed by atoms with van der Waals surface area (Å²) in [5.74, 6) is -0.0654. The van der Waals surface area contributed by atoms with Gasteiger partial charge in [0, 0.05) is 13.1 Å². The highest BCUT2D eigenvalue weighted by atomic mass is 16.2. The molecular formula is C13H17N3O. The summed E-state index contributed by atoms with van der Waals surface area (Å²) in [6, 6.07) is 9.17. The van der Waals surface area contributed by atoms with E-state index in [0.29, 0.717) is 18.7 Å². The summed E-state index contributed by atoms with van der Waals surface area (Å²) in [7, 11) is 0. The molecule has 1 aromatic carbocycles. The minimum absolute atomic E-state index is 0.0654. The van der Waals surface area contributed by atoms with E-state index in [2.05, 4.69) is 5.32 Å². The van der Waals surface area contributed by atoms with Gasteiger partial charge in [0.25, 0.3) is 0 Å². The Kier molecular flexibility index (Phi) is 4.24. The fourth-order valence-electron chi connectivity index (χ4n) is 1.21. The number of amides is 1. The lowest BCUT2D eigenvalue weighted by Gasteiger charge is -2.21. The van der Waals surface area contributed by atoms with Gasteiger partial charge in [0.2, 0.25) is 5.91 Å². The Balaban J connectivity index is 2.56. The maximum absolute atomic E-state index is 11.7. The molecule has 1 aromatic rings. The Morgan fingerprint density at radius 1 is 1.41 bits per heavy atom. The number of nitrogens with zero attached hydrogens (tertiary/aromatic N) is 1. The van der Waals surface area contributed by atoms with Gasteiger partial charge in [-0.15, -0.1) is 0 Å². The van der Waals surface area contributed by atoms with Crippen molar-refractivity contribution in [2.45, 2.75) is 20.4 Å². The fourth-order valence-corrected chi connectivity index (χ4v) is 1.21. The van der Waals surface area contributed by atoms with Crippen LogP contribution in [0, 0.1) is 16.7 Å². The first-order valence-electron chi connectivity index (χ1n) is 5.47. The molecular weight excluding hydrogens is 214 g/mol. The molecule has 0 aliphatic carbocycles. The normalized spacial score (nSPS) is 10.7. The number of nitriles is 1. The summed E-state index contributed by atoms with van der Waals surface area (Å²) in [6.45, 7) is 4.38. The van der Waals surface area contributed by atoms with E-state index in [4.69, 9.17) is 11.0 Å². The summed E-state index contributed by atoms with van der Waals surface area (Å²) in [5.41, 5.74) is 6.54. The number of carbonyl (C=O) groups excluding carboxylic acids is 1. The van der Waals surface area contributed by atoms with E-state index in [0.717, 1.165) is 5.56 Å². The Hall–Kier alpha value is -1.86. The number of hydrogen-bond donors (Lipinski definition) is 2. The van der Waals surface area contributed by atoms with E-state index >= 15 is 0 Å². The minimum Gasteiger partial charge on any atom is -0.352 e. The van der Waals surface area contributed by atoms with Crippen molar-refractivity contribution in [1.29, 1.82) is 5.26 Å². The summed E-state index contributed by atoms with van der Waals surface area (Å²) in [4.78, 5) is 11.7. The van der Waals surface area contributed by atoms with Gasteiger partial charge in [-0.25, -0.2) is 0 Å². The van der Waals surface area contributed by atoms with Crippen molar-refractivity contribution in [1.82, 2.24) is 5.32 Å². The van der Waals surface area contributed by atoms with E-state index in [1.54, 1.807) is 26.0 Å². The van der Waals surface area contributed by atoms with E-state index < -0.39 is 5.41 Å². The van der Waals surface area contributed by atoms with Crippen molar-refractivity contribution in [3.63, 3.8) is 0 Å². The Bertz CT molecular complexity index is 429. The molecule has 0 fully saturated rings. The van der Waals surface area contributed by atoms with Gasteiger partial charge in [-0.1, -0.05) is 12.1 Å². The van der Waals surface area contributed by atoms with Gasteiger partial charge in [-0.3, -0.25) is 4.79 Å². The van der Waals surface area contributed by atoms with Gasteiger partial charge in [-0.2, -0.15) is 5.26 Å². The second-order valence-electron chi connectivity index (χ2n) is 4.58. The number of carbonyl (C=O) groups is 1. The molecule has 0 bridgehead atoms. The number of hydrogen-bond acceptors (Lipinski definition) is 3. The third-order valence-corrected chi connectivity index (χ3v) is 2.66. The number of benzene rings is 1. The quantitative estimate of drug-likeness (QED) is 0.816. The monoisotopic (exact) mass is 231 g/mol. The molecule has 0 saturated heterocycles. The van der Waals surface area contributed by atoms with Crippen molar-refractivity contribution in [2.24, 2.45) is 11.1 Å². The van der Waals surface area contributed by atoms with Crippen LogP contribution in [0.2, 0.25) is 0 Å². The van der Waals surface area contributed by atoms with Gasteiger partial charge in [0.1, 0.15) is 0 Å².